The molecule has 1 fully saturated rings. The Morgan fingerprint density at radius 3 is 2.13 bits per heavy atom. The third-order valence-corrected chi connectivity index (χ3v) is 5.83. The van der Waals surface area contributed by atoms with Crippen molar-refractivity contribution in [2.24, 2.45) is 0 Å². The number of halogens is 2. The second kappa shape index (κ2) is 8.40. The van der Waals surface area contributed by atoms with E-state index in [4.69, 9.17) is 0 Å². The Kier molecular flexibility index (Phi) is 5.68. The van der Waals surface area contributed by atoms with Gasteiger partial charge in [-0.2, -0.15) is 0 Å². The Hall–Kier alpha value is -2.99. The lowest BCUT2D eigenvalue weighted by Crippen LogP contribution is -2.56. The van der Waals surface area contributed by atoms with Crippen molar-refractivity contribution in [3.63, 3.8) is 0 Å². The number of carbonyl (C=O) groups excluding carboxylic acids is 1. The number of aryl methyl sites for hydroxylation is 1. The van der Waals surface area contributed by atoms with Crippen LogP contribution in [0.5, 0.6) is 0 Å². The lowest BCUT2D eigenvalue weighted by atomic mass is 9.77. The SMILES string of the molecule is O=C(CCc1cc(-c2ccc(F)cc2)[nH]c1-c1ccc(F)cc1)NC1(CO)CCC1. The van der Waals surface area contributed by atoms with Gasteiger partial charge in [0.15, 0.2) is 0 Å². The van der Waals surface area contributed by atoms with Crippen LogP contribution in [0.3, 0.4) is 0 Å². The highest BCUT2D eigenvalue weighted by Gasteiger charge is 2.37. The number of amides is 1. The molecule has 0 aliphatic heterocycles. The second-order valence-corrected chi connectivity index (χ2v) is 7.94. The fourth-order valence-electron chi connectivity index (χ4n) is 3.89. The first-order valence-corrected chi connectivity index (χ1v) is 10.1. The highest BCUT2D eigenvalue weighted by molar-refractivity contribution is 5.78. The molecule has 1 amide bonds. The highest BCUT2D eigenvalue weighted by Crippen LogP contribution is 2.32. The maximum Gasteiger partial charge on any atom is 0.220 e. The number of aromatic amines is 1. The van der Waals surface area contributed by atoms with Gasteiger partial charge in [0.25, 0.3) is 0 Å². The first-order valence-electron chi connectivity index (χ1n) is 10.1. The van der Waals surface area contributed by atoms with E-state index >= 15 is 0 Å². The van der Waals surface area contributed by atoms with Gasteiger partial charge in [-0.15, -0.1) is 0 Å². The molecule has 30 heavy (non-hydrogen) atoms. The second-order valence-electron chi connectivity index (χ2n) is 7.94. The molecule has 1 heterocycles. The van der Waals surface area contributed by atoms with Crippen molar-refractivity contribution in [1.29, 1.82) is 0 Å². The first-order chi connectivity index (χ1) is 14.5. The molecule has 156 valence electrons. The zero-order valence-electron chi connectivity index (χ0n) is 16.6. The van der Waals surface area contributed by atoms with Crippen molar-refractivity contribution in [2.75, 3.05) is 6.61 Å². The minimum absolute atomic E-state index is 0.0432. The average Bonchev–Trinajstić information content (AvgIpc) is 3.14. The van der Waals surface area contributed by atoms with Crippen LogP contribution in [0.2, 0.25) is 0 Å². The van der Waals surface area contributed by atoms with E-state index in [2.05, 4.69) is 10.3 Å². The lowest BCUT2D eigenvalue weighted by molar-refractivity contribution is -0.125. The molecule has 0 radical (unpaired) electrons. The van der Waals surface area contributed by atoms with Crippen LogP contribution in [-0.4, -0.2) is 28.1 Å². The summed E-state index contributed by atoms with van der Waals surface area (Å²) in [7, 11) is 0. The Morgan fingerprint density at radius 1 is 1.00 bits per heavy atom. The molecule has 0 unspecified atom stereocenters. The number of aromatic nitrogens is 1. The molecule has 6 heteroatoms. The molecule has 0 atom stereocenters. The van der Waals surface area contributed by atoms with Gasteiger partial charge < -0.3 is 15.4 Å². The number of aliphatic hydroxyl groups is 1. The predicted octanol–water partition coefficient (Wildman–Crippen LogP) is 4.59. The van der Waals surface area contributed by atoms with Gasteiger partial charge in [0.1, 0.15) is 11.6 Å². The molecule has 2 aromatic carbocycles. The Labute approximate surface area is 174 Å². The maximum atomic E-state index is 13.4. The summed E-state index contributed by atoms with van der Waals surface area (Å²) in [6, 6.07) is 14.3. The number of hydrogen-bond acceptors (Lipinski definition) is 2. The molecule has 1 aromatic heterocycles. The standard InChI is InChI=1S/C24H24F2N2O2/c25-19-7-2-16(3-8-19)21-14-18(23(27-21)17-4-9-20(26)10-5-17)6-11-22(30)28-24(15-29)12-1-13-24/h2-5,7-10,14,27,29H,1,6,11-13,15H2,(H,28,30). The summed E-state index contributed by atoms with van der Waals surface area (Å²) in [5.41, 5.74) is 3.70. The van der Waals surface area contributed by atoms with E-state index in [1.807, 2.05) is 6.07 Å². The summed E-state index contributed by atoms with van der Waals surface area (Å²) >= 11 is 0. The number of rotatable bonds is 7. The van der Waals surface area contributed by atoms with Crippen LogP contribution in [0.15, 0.2) is 54.6 Å². The van der Waals surface area contributed by atoms with Gasteiger partial charge in [0.2, 0.25) is 5.91 Å². The van der Waals surface area contributed by atoms with Gasteiger partial charge >= 0.3 is 0 Å². The molecule has 3 N–H and O–H groups in total. The largest absolute Gasteiger partial charge is 0.394 e. The van der Waals surface area contributed by atoms with Gasteiger partial charge in [-0.25, -0.2) is 8.78 Å². The minimum atomic E-state index is -0.464. The van der Waals surface area contributed by atoms with Crippen LogP contribution in [0.25, 0.3) is 22.5 Å². The lowest BCUT2D eigenvalue weighted by Gasteiger charge is -2.41. The average molecular weight is 410 g/mol. The third kappa shape index (κ3) is 4.28. The molecule has 1 aliphatic carbocycles. The number of aliphatic hydroxyl groups excluding tert-OH is 1. The van der Waals surface area contributed by atoms with E-state index < -0.39 is 5.54 Å². The predicted molar refractivity (Wildman–Crippen MR) is 112 cm³/mol. The normalized spacial score (nSPS) is 14.9. The number of nitrogens with one attached hydrogen (secondary N) is 2. The maximum absolute atomic E-state index is 13.4. The molecular formula is C24H24F2N2O2. The number of hydrogen-bond donors (Lipinski definition) is 3. The van der Waals surface area contributed by atoms with E-state index in [9.17, 15) is 18.7 Å². The zero-order chi connectivity index (χ0) is 21.1. The number of benzene rings is 2. The van der Waals surface area contributed by atoms with Crippen LogP contribution in [0.4, 0.5) is 8.78 Å². The van der Waals surface area contributed by atoms with Crippen molar-refractivity contribution in [1.82, 2.24) is 10.3 Å². The van der Waals surface area contributed by atoms with E-state index in [-0.39, 0.29) is 30.6 Å². The Balaban J connectivity index is 1.57. The highest BCUT2D eigenvalue weighted by atomic mass is 19.1. The summed E-state index contributed by atoms with van der Waals surface area (Å²) < 4.78 is 26.7. The summed E-state index contributed by atoms with van der Waals surface area (Å²) in [5.74, 6) is -0.729. The van der Waals surface area contributed by atoms with E-state index in [1.54, 1.807) is 24.3 Å². The van der Waals surface area contributed by atoms with Crippen LogP contribution in [0, 0.1) is 11.6 Å². The molecule has 0 bridgehead atoms. The molecule has 4 rings (SSSR count). The molecule has 3 aromatic rings. The van der Waals surface area contributed by atoms with Crippen molar-refractivity contribution in [3.05, 3.63) is 71.8 Å². The fraction of sp³-hybridized carbons (Fsp3) is 0.292. The Bertz CT molecular complexity index is 1020. The van der Waals surface area contributed by atoms with Gasteiger partial charge in [0, 0.05) is 17.8 Å². The van der Waals surface area contributed by atoms with Crippen LogP contribution < -0.4 is 5.32 Å². The van der Waals surface area contributed by atoms with Gasteiger partial charge in [-0.3, -0.25) is 4.79 Å². The summed E-state index contributed by atoms with van der Waals surface area (Å²) in [5, 5.41) is 12.5. The summed E-state index contributed by atoms with van der Waals surface area (Å²) in [4.78, 5) is 15.8. The van der Waals surface area contributed by atoms with Crippen LogP contribution in [-0.2, 0) is 11.2 Å². The van der Waals surface area contributed by atoms with E-state index in [0.29, 0.717) is 6.42 Å². The van der Waals surface area contributed by atoms with Crippen LogP contribution in [0.1, 0.15) is 31.2 Å². The molecular weight excluding hydrogens is 386 g/mol. The van der Waals surface area contributed by atoms with Crippen molar-refractivity contribution < 1.29 is 18.7 Å². The van der Waals surface area contributed by atoms with E-state index in [1.165, 1.54) is 24.3 Å². The van der Waals surface area contributed by atoms with Gasteiger partial charge in [-0.05, 0) is 97.0 Å². The molecule has 0 saturated heterocycles. The molecule has 1 saturated carbocycles. The van der Waals surface area contributed by atoms with Crippen LogP contribution >= 0.6 is 0 Å². The molecule has 4 nitrogen and oxygen atoms in total. The minimum Gasteiger partial charge on any atom is -0.394 e. The van der Waals surface area contributed by atoms with Crippen molar-refractivity contribution >= 4 is 5.91 Å². The first kappa shape index (κ1) is 20.3. The monoisotopic (exact) mass is 410 g/mol. The van der Waals surface area contributed by atoms with Gasteiger partial charge in [0.05, 0.1) is 12.1 Å². The van der Waals surface area contributed by atoms with Crippen molar-refractivity contribution in [3.8, 4) is 22.5 Å². The Morgan fingerprint density at radius 2 is 1.60 bits per heavy atom. The van der Waals surface area contributed by atoms with Crippen molar-refractivity contribution in [2.45, 2.75) is 37.6 Å². The molecule has 0 spiro atoms. The fourth-order valence-corrected chi connectivity index (χ4v) is 3.89. The molecule has 1 aliphatic rings. The summed E-state index contributed by atoms with van der Waals surface area (Å²) in [6.45, 7) is -0.0432. The quantitative estimate of drug-likeness (QED) is 0.533. The summed E-state index contributed by atoms with van der Waals surface area (Å²) in [6.07, 6.45) is 3.37. The zero-order valence-corrected chi connectivity index (χ0v) is 16.6. The number of carbonyl (C=O) groups is 1. The topological polar surface area (TPSA) is 65.1 Å². The number of H-pyrrole nitrogens is 1. The van der Waals surface area contributed by atoms with Gasteiger partial charge in [-0.1, -0.05) is 0 Å². The van der Waals surface area contributed by atoms with E-state index in [0.717, 1.165) is 47.3 Å². The third-order valence-electron chi connectivity index (χ3n) is 5.83. The smallest absolute Gasteiger partial charge is 0.220 e.